The average Bonchev–Trinajstić information content (AvgIpc) is 1.59. The van der Waals surface area contributed by atoms with Crippen molar-refractivity contribution in [3.63, 3.8) is 0 Å². The molecule has 0 saturated heterocycles. The number of hydrazone groups is 2. The Hall–Kier alpha value is -13.5. The number of carbonyl (C=O) groups is 8. The second kappa shape index (κ2) is 40.1. The van der Waals surface area contributed by atoms with Gasteiger partial charge in [-0.15, -0.1) is 12.4 Å². The molecule has 5 heterocycles. The summed E-state index contributed by atoms with van der Waals surface area (Å²) in [5.74, 6) is -0.847. The van der Waals surface area contributed by atoms with Crippen LogP contribution in [0.5, 0.6) is 0 Å². The number of hydrogen-bond acceptors (Lipinski definition) is 15. The molecule has 0 radical (unpaired) electrons. The molecule has 6 atom stereocenters. The number of aromatic nitrogens is 3. The minimum absolute atomic E-state index is 0. The van der Waals surface area contributed by atoms with Gasteiger partial charge in [0, 0.05) is 128 Å². The molecule has 0 bridgehead atoms. The molecule has 3 aromatic heterocycles. The Bertz CT molecular complexity index is 6450. The summed E-state index contributed by atoms with van der Waals surface area (Å²) in [6.07, 6.45) is 19.0. The van der Waals surface area contributed by atoms with E-state index >= 15 is 0 Å². The number of hydrogen-bond donors (Lipinski definition) is 10. The summed E-state index contributed by atoms with van der Waals surface area (Å²) in [4.78, 5) is 119. The van der Waals surface area contributed by atoms with Crippen LogP contribution in [0.2, 0.25) is 0 Å². The van der Waals surface area contributed by atoms with Gasteiger partial charge in [0.2, 0.25) is 17.7 Å². The summed E-state index contributed by atoms with van der Waals surface area (Å²) >= 11 is 0. The Kier molecular flexibility index (Phi) is 28.1. The third kappa shape index (κ3) is 21.6. The van der Waals surface area contributed by atoms with Crippen LogP contribution < -0.4 is 37.9 Å². The maximum atomic E-state index is 13.2. The van der Waals surface area contributed by atoms with Gasteiger partial charge in [0.05, 0.1) is 47.6 Å². The van der Waals surface area contributed by atoms with Gasteiger partial charge in [0.25, 0.3) is 11.8 Å². The number of ether oxygens (including phenoxy) is 3. The Morgan fingerprint density at radius 1 is 0.455 bits per heavy atom. The third-order valence-electron chi connectivity index (χ3n) is 26.6. The van der Waals surface area contributed by atoms with E-state index in [1.807, 2.05) is 167 Å². The van der Waals surface area contributed by atoms with E-state index in [1.54, 1.807) is 30.6 Å². The Balaban J connectivity index is 0.000000142. The highest BCUT2D eigenvalue weighted by Gasteiger charge is 2.47. The van der Waals surface area contributed by atoms with Crippen LogP contribution in [0, 0.1) is 17.8 Å². The molecule has 9 aliphatic rings. The number of nitrogens with one attached hydrogen (secondary N) is 9. The number of amides is 7. The molecular formula is C108H119ClN14O11. The van der Waals surface area contributed by atoms with Crippen LogP contribution in [0.25, 0.3) is 66.5 Å². The summed E-state index contributed by atoms with van der Waals surface area (Å²) < 4.78 is 16.6. The standard InChI is InChI=1S/C36H37N5O4.C36H39N3O5.C31H29N5O2.C4H9N.CH4.ClH/c1-36(2,3)45-35(44)41(25-13-8-14-25)20-21-9-7-12-23(15-21)32-29-19-37-40-34(43)28-16-24(17-30(39-32)31(28)29)38-33(42)27-18-26(27)22-10-5-4-6-11-22;1-36(2,3)44-35(42)39(26-14-9-15-26)21-22-10-8-13-24(16-22)31-20-28-30(34(41)43-4)17-25(18-32(28)38-31)37-33(40)29-19-27(29)23-11-6-5-7-12-23;37-30(24-15-23(24)19-7-2-1-3-8-19)34-22-13-25-28-26(17-33-36-31(25)38)29(35-27(28)14-22)20-9-4-6-18(12-20)16-32-21-10-5-11-21;5-4-2-1-3-4;;/h4-7,9-12,15-17,19,25-27,39H,8,13-14,18,20H2,1-3H3,(H,38,42)(H,40,43);5-8,10-13,16-18,20,26-27,29,38H,9,14-15,19,21H2,1-4H3,(H,37,40);1-4,6-9,12-14,17,21,23-24,32,35H,5,10-11,15-16H2,(H,34,37)(H,36,38);4H,1-3,5H2;1H4;1H/t26-,27+;27-,29?;23-,24+;;;/m000.../s1. The first-order chi connectivity index (χ1) is 63.8. The zero-order valence-electron chi connectivity index (χ0n) is 76.1. The quantitative estimate of drug-likeness (QED) is 0.0223. The molecule has 9 aromatic carbocycles. The number of nitrogens with two attached hydrogens (primary N) is 1. The monoisotopic (exact) mass is 1820 g/mol. The molecule has 134 heavy (non-hydrogen) atoms. The van der Waals surface area contributed by atoms with Crippen LogP contribution in [0.4, 0.5) is 26.7 Å². The van der Waals surface area contributed by atoms with Gasteiger partial charge in [-0.3, -0.25) is 24.0 Å². The van der Waals surface area contributed by atoms with Crippen LogP contribution in [0.15, 0.2) is 216 Å². The lowest BCUT2D eigenvalue weighted by atomic mass is 9.91. The smallest absolute Gasteiger partial charge is 0.410 e. The molecule has 2 aliphatic heterocycles. The van der Waals surface area contributed by atoms with E-state index in [2.05, 4.69) is 130 Å². The van der Waals surface area contributed by atoms with Crippen molar-refractivity contribution < 1.29 is 52.6 Å². The Morgan fingerprint density at radius 2 is 0.843 bits per heavy atom. The van der Waals surface area contributed by atoms with E-state index in [4.69, 9.17) is 19.9 Å². The minimum Gasteiger partial charge on any atom is -0.465 e. The lowest BCUT2D eigenvalue weighted by Crippen LogP contribution is -2.46. The molecule has 11 N–H and O–H groups in total. The highest BCUT2D eigenvalue weighted by molar-refractivity contribution is 6.20. The Labute approximate surface area is 787 Å². The van der Waals surface area contributed by atoms with Gasteiger partial charge in [-0.25, -0.2) is 25.2 Å². The third-order valence-corrected chi connectivity index (χ3v) is 26.6. The number of esters is 1. The predicted octanol–water partition coefficient (Wildman–Crippen LogP) is 21.4. The molecule has 7 aliphatic carbocycles. The number of H-pyrrole nitrogens is 3. The average molecular weight is 1820 g/mol. The van der Waals surface area contributed by atoms with E-state index in [9.17, 15) is 38.4 Å². The van der Waals surface area contributed by atoms with Gasteiger partial charge in [0.1, 0.15) is 11.2 Å². The largest absolute Gasteiger partial charge is 0.465 e. The van der Waals surface area contributed by atoms with Gasteiger partial charge in [0.15, 0.2) is 0 Å². The molecule has 12 aromatic rings. The van der Waals surface area contributed by atoms with Gasteiger partial charge in [-0.05, 0) is 254 Å². The SMILES string of the molecule is C.CC(C)(C)OC(=O)N(Cc1cccc(-c2[nH]c3cc(NC(=O)[C@@H]4C[C@H]4c4ccccc4)cc4c3c2C=NNC4=O)c1)C1CCC1.COC(=O)c1cc(NC(=O)C2C[C@H]2c2ccccc2)cc2[nH]c(-c3cccc(CN(C(=O)OC(C)(C)C)C4CCC4)c3)cc12.Cl.NC1CCC1.O=C1NN=Cc2c(-c3cccc(CNC4CCC4)c3)[nH]c3cc(NC(=O)[C@@H]4C[C@H]4c4ccccc4)cc1c23. The van der Waals surface area contributed by atoms with Gasteiger partial charge >= 0.3 is 18.2 Å². The van der Waals surface area contributed by atoms with E-state index in [-0.39, 0.29) is 109 Å². The summed E-state index contributed by atoms with van der Waals surface area (Å²) in [5.41, 5.74) is 28.4. The van der Waals surface area contributed by atoms with E-state index in [0.717, 1.165) is 148 Å². The van der Waals surface area contributed by atoms with Crippen LogP contribution in [-0.2, 0) is 48.2 Å². The first-order valence-electron chi connectivity index (χ1n) is 46.4. The highest BCUT2D eigenvalue weighted by atomic mass is 35.5. The maximum Gasteiger partial charge on any atom is 0.410 e. The van der Waals surface area contributed by atoms with Gasteiger partial charge in [-0.1, -0.05) is 166 Å². The molecule has 0 spiro atoms. The zero-order valence-corrected chi connectivity index (χ0v) is 76.9. The van der Waals surface area contributed by atoms with Crippen LogP contribution >= 0.6 is 12.4 Å². The molecule has 7 saturated carbocycles. The van der Waals surface area contributed by atoms with Crippen molar-refractivity contribution in [2.45, 2.75) is 218 Å². The molecule has 26 heteroatoms. The van der Waals surface area contributed by atoms with E-state index in [1.165, 1.54) is 62.3 Å². The number of methoxy groups -OCH3 is 1. The number of anilines is 3. The van der Waals surface area contributed by atoms with Crippen LogP contribution in [0.1, 0.15) is 239 Å². The maximum absolute atomic E-state index is 13.2. The van der Waals surface area contributed by atoms with E-state index < -0.39 is 17.2 Å². The van der Waals surface area contributed by atoms with Crippen molar-refractivity contribution in [2.75, 3.05) is 23.1 Å². The van der Waals surface area contributed by atoms with Gasteiger partial charge in [-0.2, -0.15) is 10.2 Å². The summed E-state index contributed by atoms with van der Waals surface area (Å²) in [6, 6.07) is 69.0. The number of nitrogens with zero attached hydrogens (tertiary/aromatic N) is 4. The van der Waals surface area contributed by atoms with Crippen molar-refractivity contribution in [3.05, 3.63) is 267 Å². The van der Waals surface area contributed by atoms with Gasteiger partial charge < -0.3 is 66.0 Å². The highest BCUT2D eigenvalue weighted by Crippen LogP contribution is 2.51. The minimum atomic E-state index is -0.574. The lowest BCUT2D eigenvalue weighted by Gasteiger charge is -2.38. The van der Waals surface area contributed by atoms with Crippen LogP contribution in [-0.4, -0.2) is 127 Å². The first-order valence-corrected chi connectivity index (χ1v) is 46.4. The summed E-state index contributed by atoms with van der Waals surface area (Å²) in [6.45, 7) is 13.0. The molecule has 7 fully saturated rings. The van der Waals surface area contributed by atoms with Crippen molar-refractivity contribution in [1.82, 2.24) is 40.9 Å². The zero-order chi connectivity index (χ0) is 91.6. The molecular weight excluding hydrogens is 1700 g/mol. The van der Waals surface area contributed by atoms with Crippen molar-refractivity contribution in [1.29, 1.82) is 0 Å². The Morgan fingerprint density at radius 3 is 1.23 bits per heavy atom. The molecule has 694 valence electrons. The molecule has 7 amide bonds. The lowest BCUT2D eigenvalue weighted by molar-refractivity contribution is -0.118. The number of carbonyl (C=O) groups excluding carboxylic acids is 8. The van der Waals surface area contributed by atoms with Crippen molar-refractivity contribution in [3.8, 4) is 33.8 Å². The fraction of sp³-hybridized carbons (Fsp3) is 0.352. The first kappa shape index (κ1) is 93.7. The predicted molar refractivity (Wildman–Crippen MR) is 530 cm³/mol. The fourth-order valence-electron chi connectivity index (χ4n) is 18.4. The topological polar surface area (TPSA) is 341 Å². The number of rotatable bonds is 22. The normalized spacial score (nSPS) is 18.9. The van der Waals surface area contributed by atoms with Crippen molar-refractivity contribution >= 4 is 122 Å². The number of benzene rings is 9. The molecule has 25 nitrogen and oxygen atoms in total. The second-order valence-electron chi connectivity index (χ2n) is 38.5. The van der Waals surface area contributed by atoms with Crippen molar-refractivity contribution in [2.24, 2.45) is 33.7 Å². The number of halogens is 1. The number of fused-ring (bicyclic) bond motifs is 1. The molecule has 21 rings (SSSR count). The summed E-state index contributed by atoms with van der Waals surface area (Å²) in [5, 5.41) is 23.4. The second-order valence-corrected chi connectivity index (χ2v) is 38.5. The van der Waals surface area contributed by atoms with E-state index in [0.29, 0.717) is 69.8 Å². The number of aromatic amines is 3. The summed E-state index contributed by atoms with van der Waals surface area (Å²) in [7, 11) is 1.35. The fourth-order valence-corrected chi connectivity index (χ4v) is 18.4. The van der Waals surface area contributed by atoms with Crippen LogP contribution in [0.3, 0.4) is 0 Å². The molecule has 1 unspecified atom stereocenters.